The Morgan fingerprint density at radius 3 is 2.36 bits per heavy atom. The minimum atomic E-state index is -3.59. The van der Waals surface area contributed by atoms with Crippen LogP contribution in [0.5, 0.6) is 0 Å². The van der Waals surface area contributed by atoms with Gasteiger partial charge in [-0.2, -0.15) is 0 Å². The number of benzene rings is 2. The summed E-state index contributed by atoms with van der Waals surface area (Å²) in [5.41, 5.74) is 1.98. The number of sulfonamides is 1. The highest BCUT2D eigenvalue weighted by Gasteiger charge is 2.21. The molecule has 7 heteroatoms. The Labute approximate surface area is 153 Å². The van der Waals surface area contributed by atoms with Gasteiger partial charge in [0.15, 0.2) is 0 Å². The fourth-order valence-electron chi connectivity index (χ4n) is 2.29. The number of hydrogen-bond donors (Lipinski definition) is 1. The first-order chi connectivity index (χ1) is 11.7. The summed E-state index contributed by atoms with van der Waals surface area (Å²) in [6, 6.07) is 12.1. The Morgan fingerprint density at radius 1 is 1.12 bits per heavy atom. The van der Waals surface area contributed by atoms with Gasteiger partial charge in [0.25, 0.3) is 5.91 Å². The van der Waals surface area contributed by atoms with Crippen LogP contribution in [0, 0.1) is 6.92 Å². The Bertz CT molecular complexity index is 862. The normalized spacial score (nSPS) is 11.6. The molecule has 0 aliphatic carbocycles. The molecular formula is C18H21ClN2O3S. The van der Waals surface area contributed by atoms with Gasteiger partial charge in [-0.3, -0.25) is 4.79 Å². The summed E-state index contributed by atoms with van der Waals surface area (Å²) in [4.78, 5) is 12.5. The Balaban J connectivity index is 2.08. The zero-order chi connectivity index (χ0) is 18.6. The monoisotopic (exact) mass is 380 g/mol. The number of aryl methyl sites for hydroxylation is 1. The predicted molar refractivity (Wildman–Crippen MR) is 99.5 cm³/mol. The van der Waals surface area contributed by atoms with Crippen LogP contribution in [0.4, 0.5) is 0 Å². The molecule has 2 aromatic carbocycles. The molecule has 2 aromatic rings. The lowest BCUT2D eigenvalue weighted by Crippen LogP contribution is -2.27. The van der Waals surface area contributed by atoms with Crippen molar-refractivity contribution in [1.29, 1.82) is 0 Å². The van der Waals surface area contributed by atoms with Gasteiger partial charge in [-0.15, -0.1) is 0 Å². The molecule has 0 aromatic heterocycles. The first-order valence-corrected chi connectivity index (χ1v) is 9.59. The van der Waals surface area contributed by atoms with Gasteiger partial charge in [-0.05, 0) is 48.7 Å². The van der Waals surface area contributed by atoms with Crippen molar-refractivity contribution < 1.29 is 13.2 Å². The van der Waals surface area contributed by atoms with E-state index in [9.17, 15) is 13.2 Å². The molecule has 0 aliphatic rings. The van der Waals surface area contributed by atoms with Crippen LogP contribution in [0.1, 0.15) is 21.5 Å². The Hall–Kier alpha value is -1.89. The van der Waals surface area contributed by atoms with Gasteiger partial charge in [0.1, 0.15) is 0 Å². The molecule has 0 heterocycles. The molecule has 0 radical (unpaired) electrons. The van der Waals surface area contributed by atoms with Crippen LogP contribution < -0.4 is 5.32 Å². The summed E-state index contributed by atoms with van der Waals surface area (Å²) in [6.07, 6.45) is 0.664. The minimum absolute atomic E-state index is 0.142. The van der Waals surface area contributed by atoms with Crippen LogP contribution in [-0.4, -0.2) is 39.3 Å². The van der Waals surface area contributed by atoms with E-state index < -0.39 is 10.0 Å². The third-order valence-corrected chi connectivity index (χ3v) is 6.03. The number of nitrogens with one attached hydrogen (secondary N) is 1. The molecule has 2 rings (SSSR count). The third kappa shape index (κ3) is 4.81. The minimum Gasteiger partial charge on any atom is -0.352 e. The molecule has 25 heavy (non-hydrogen) atoms. The summed E-state index contributed by atoms with van der Waals surface area (Å²) >= 11 is 5.84. The topological polar surface area (TPSA) is 66.5 Å². The van der Waals surface area contributed by atoms with Gasteiger partial charge in [-0.25, -0.2) is 12.7 Å². The highest BCUT2D eigenvalue weighted by Crippen LogP contribution is 2.20. The molecule has 0 atom stereocenters. The molecule has 0 unspecified atom stereocenters. The van der Waals surface area contributed by atoms with Crippen molar-refractivity contribution in [2.24, 2.45) is 0 Å². The fourth-order valence-corrected chi connectivity index (χ4v) is 3.56. The smallest absolute Gasteiger partial charge is 0.251 e. The van der Waals surface area contributed by atoms with E-state index >= 15 is 0 Å². The van der Waals surface area contributed by atoms with Crippen molar-refractivity contribution in [1.82, 2.24) is 9.62 Å². The molecular weight excluding hydrogens is 360 g/mol. The van der Waals surface area contributed by atoms with Crippen LogP contribution in [0.3, 0.4) is 0 Å². The van der Waals surface area contributed by atoms with Gasteiger partial charge < -0.3 is 5.32 Å². The van der Waals surface area contributed by atoms with Gasteiger partial charge >= 0.3 is 0 Å². The molecule has 1 amide bonds. The molecule has 0 aliphatic heterocycles. The maximum Gasteiger partial charge on any atom is 0.251 e. The van der Waals surface area contributed by atoms with Crippen LogP contribution in [0.25, 0.3) is 0 Å². The van der Waals surface area contributed by atoms with E-state index in [-0.39, 0.29) is 10.8 Å². The molecule has 0 saturated carbocycles. The lowest BCUT2D eigenvalue weighted by Gasteiger charge is -2.14. The second-order valence-corrected chi connectivity index (χ2v) is 8.46. The summed E-state index contributed by atoms with van der Waals surface area (Å²) in [5, 5.41) is 3.48. The lowest BCUT2D eigenvalue weighted by atomic mass is 10.1. The number of rotatable bonds is 6. The first kappa shape index (κ1) is 19.4. The van der Waals surface area contributed by atoms with E-state index in [1.54, 1.807) is 31.2 Å². The maximum atomic E-state index is 12.3. The number of amides is 1. The average Bonchev–Trinajstić information content (AvgIpc) is 2.56. The highest BCUT2D eigenvalue weighted by molar-refractivity contribution is 7.89. The molecule has 1 N–H and O–H groups in total. The van der Waals surface area contributed by atoms with E-state index in [2.05, 4.69) is 5.32 Å². The van der Waals surface area contributed by atoms with Crippen LogP contribution in [0.2, 0.25) is 5.02 Å². The van der Waals surface area contributed by atoms with Crippen LogP contribution in [0.15, 0.2) is 47.4 Å². The summed E-state index contributed by atoms with van der Waals surface area (Å²) in [6.45, 7) is 2.16. The first-order valence-electron chi connectivity index (χ1n) is 7.77. The molecule has 0 saturated heterocycles. The maximum absolute atomic E-state index is 12.3. The molecule has 134 valence electrons. The largest absolute Gasteiger partial charge is 0.352 e. The number of nitrogens with zero attached hydrogens (tertiary/aromatic N) is 1. The second kappa shape index (κ2) is 7.99. The molecule has 0 bridgehead atoms. The summed E-state index contributed by atoms with van der Waals surface area (Å²) < 4.78 is 25.8. The quantitative estimate of drug-likeness (QED) is 0.837. The number of hydrogen-bond acceptors (Lipinski definition) is 3. The standard InChI is InChI=1S/C18H21ClN2O3S/c1-13-4-7-15(12-17(13)25(23,24)21(2)3)18(22)20-11-10-14-5-8-16(19)9-6-14/h4-9,12H,10-11H2,1-3H3,(H,20,22). The van der Waals surface area contributed by atoms with Crippen molar-refractivity contribution in [2.75, 3.05) is 20.6 Å². The van der Waals surface area contributed by atoms with Crippen molar-refractivity contribution in [3.63, 3.8) is 0 Å². The third-order valence-electron chi connectivity index (χ3n) is 3.82. The van der Waals surface area contributed by atoms with Gasteiger partial charge in [0, 0.05) is 31.2 Å². The summed E-state index contributed by atoms with van der Waals surface area (Å²) in [5.74, 6) is -0.302. The molecule has 5 nitrogen and oxygen atoms in total. The number of carbonyl (C=O) groups excluding carboxylic acids is 1. The van der Waals surface area contributed by atoms with Gasteiger partial charge in [0.2, 0.25) is 10.0 Å². The van der Waals surface area contributed by atoms with Gasteiger partial charge in [0.05, 0.1) is 4.90 Å². The lowest BCUT2D eigenvalue weighted by molar-refractivity contribution is 0.0954. The van der Waals surface area contributed by atoms with E-state index in [4.69, 9.17) is 11.6 Å². The predicted octanol–water partition coefficient (Wildman–Crippen LogP) is 2.87. The van der Waals surface area contributed by atoms with E-state index in [0.29, 0.717) is 29.1 Å². The zero-order valence-electron chi connectivity index (χ0n) is 14.4. The average molecular weight is 381 g/mol. The number of carbonyl (C=O) groups is 1. The molecule has 0 fully saturated rings. The van der Waals surface area contributed by atoms with E-state index in [1.807, 2.05) is 12.1 Å². The van der Waals surface area contributed by atoms with E-state index in [1.165, 1.54) is 20.2 Å². The Kier molecular flexibility index (Phi) is 6.21. The van der Waals surface area contributed by atoms with Crippen molar-refractivity contribution in [3.8, 4) is 0 Å². The van der Waals surface area contributed by atoms with Crippen molar-refractivity contribution in [3.05, 3.63) is 64.2 Å². The van der Waals surface area contributed by atoms with E-state index in [0.717, 1.165) is 9.87 Å². The summed E-state index contributed by atoms with van der Waals surface area (Å²) in [7, 11) is -0.659. The SMILES string of the molecule is Cc1ccc(C(=O)NCCc2ccc(Cl)cc2)cc1S(=O)(=O)N(C)C. The fraction of sp³-hybridized carbons (Fsp3) is 0.278. The second-order valence-electron chi connectivity index (χ2n) is 5.90. The Morgan fingerprint density at radius 2 is 1.76 bits per heavy atom. The van der Waals surface area contributed by atoms with Crippen LogP contribution in [-0.2, 0) is 16.4 Å². The van der Waals surface area contributed by atoms with Crippen LogP contribution >= 0.6 is 11.6 Å². The van der Waals surface area contributed by atoms with Crippen molar-refractivity contribution >= 4 is 27.5 Å². The zero-order valence-corrected chi connectivity index (χ0v) is 16.0. The molecule has 0 spiro atoms. The highest BCUT2D eigenvalue weighted by atomic mass is 35.5. The number of halogens is 1. The van der Waals surface area contributed by atoms with Crippen molar-refractivity contribution in [2.45, 2.75) is 18.2 Å². The van der Waals surface area contributed by atoms with Gasteiger partial charge in [-0.1, -0.05) is 29.8 Å².